The molecule has 2 aromatic heterocycles. The van der Waals surface area contributed by atoms with E-state index in [1.807, 2.05) is 48.2 Å². The van der Waals surface area contributed by atoms with Crippen molar-refractivity contribution in [2.45, 2.75) is 45.6 Å². The van der Waals surface area contributed by atoms with Crippen LogP contribution in [0.25, 0.3) is 10.2 Å². The van der Waals surface area contributed by atoms with E-state index in [1.165, 1.54) is 6.42 Å². The van der Waals surface area contributed by atoms with Gasteiger partial charge in [0.15, 0.2) is 5.13 Å². The summed E-state index contributed by atoms with van der Waals surface area (Å²) in [7, 11) is 0. The van der Waals surface area contributed by atoms with Gasteiger partial charge >= 0.3 is 0 Å². The van der Waals surface area contributed by atoms with E-state index in [0.717, 1.165) is 52.5 Å². The molecule has 1 aliphatic rings. The van der Waals surface area contributed by atoms with Crippen LogP contribution in [0.2, 0.25) is 0 Å². The fraction of sp³-hybridized carbons (Fsp3) is 0.409. The number of hydrogen-bond acceptors (Lipinski definition) is 5. The third-order valence-corrected chi connectivity index (χ3v) is 6.20. The maximum Gasteiger partial charge on any atom is 0.232 e. The molecule has 0 saturated heterocycles. The molecular weight excluding hydrogens is 370 g/mol. The number of anilines is 1. The van der Waals surface area contributed by atoms with Crippen LogP contribution in [0.4, 0.5) is 5.13 Å². The number of thiazole rings is 1. The quantitative estimate of drug-likeness (QED) is 0.575. The third-order valence-electron chi connectivity index (χ3n) is 5.16. The van der Waals surface area contributed by atoms with Crippen molar-refractivity contribution in [1.29, 1.82) is 0 Å². The molecule has 0 bridgehead atoms. The van der Waals surface area contributed by atoms with E-state index in [0.29, 0.717) is 13.2 Å². The molecule has 4 rings (SSSR count). The van der Waals surface area contributed by atoms with Crippen molar-refractivity contribution in [3.63, 3.8) is 0 Å². The van der Waals surface area contributed by atoms with Gasteiger partial charge < -0.3 is 4.74 Å². The summed E-state index contributed by atoms with van der Waals surface area (Å²) in [5, 5.41) is 0.741. The van der Waals surface area contributed by atoms with Crippen molar-refractivity contribution < 1.29 is 9.53 Å². The summed E-state index contributed by atoms with van der Waals surface area (Å²) in [5.74, 6) is 1.10. The van der Waals surface area contributed by atoms with Gasteiger partial charge in [0.05, 0.1) is 29.1 Å². The Morgan fingerprint density at radius 2 is 2.07 bits per heavy atom. The van der Waals surface area contributed by atoms with Crippen molar-refractivity contribution in [2.75, 3.05) is 11.5 Å². The average Bonchev–Trinajstić information content (AvgIpc) is 3.16. The maximum absolute atomic E-state index is 13.4. The lowest BCUT2D eigenvalue weighted by Gasteiger charge is -2.27. The number of nitrogens with zero attached hydrogens (tertiary/aromatic N) is 3. The van der Waals surface area contributed by atoms with Crippen LogP contribution in [-0.4, -0.2) is 22.5 Å². The van der Waals surface area contributed by atoms with Gasteiger partial charge in [-0.05, 0) is 50.1 Å². The molecule has 0 atom stereocenters. The Kier molecular flexibility index (Phi) is 5.86. The number of rotatable bonds is 6. The predicted octanol–water partition coefficient (Wildman–Crippen LogP) is 5.20. The van der Waals surface area contributed by atoms with E-state index in [1.54, 1.807) is 17.5 Å². The number of fused-ring (bicyclic) bond motifs is 1. The molecule has 0 aliphatic heterocycles. The molecule has 1 aromatic carbocycles. The largest absolute Gasteiger partial charge is 0.494 e. The van der Waals surface area contributed by atoms with E-state index in [4.69, 9.17) is 9.72 Å². The van der Waals surface area contributed by atoms with Crippen molar-refractivity contribution in [3.05, 3.63) is 48.3 Å². The fourth-order valence-corrected chi connectivity index (χ4v) is 4.73. The number of amides is 1. The highest BCUT2D eigenvalue weighted by atomic mass is 32.1. The Balaban J connectivity index is 1.67. The van der Waals surface area contributed by atoms with Crippen molar-refractivity contribution >= 4 is 32.6 Å². The highest BCUT2D eigenvalue weighted by Gasteiger charge is 2.29. The van der Waals surface area contributed by atoms with Crippen molar-refractivity contribution in [3.8, 4) is 5.75 Å². The second-order valence-corrected chi connectivity index (χ2v) is 8.15. The first-order chi connectivity index (χ1) is 13.7. The summed E-state index contributed by atoms with van der Waals surface area (Å²) in [6, 6.07) is 11.7. The molecule has 5 nitrogen and oxygen atoms in total. The monoisotopic (exact) mass is 395 g/mol. The zero-order valence-corrected chi connectivity index (χ0v) is 17.0. The second-order valence-electron chi connectivity index (χ2n) is 7.14. The summed E-state index contributed by atoms with van der Waals surface area (Å²) in [6.07, 6.45) is 7.20. The first-order valence-electron chi connectivity index (χ1n) is 9.99. The van der Waals surface area contributed by atoms with Crippen LogP contribution in [0.1, 0.15) is 44.7 Å². The Labute approximate surface area is 169 Å². The molecule has 1 aliphatic carbocycles. The van der Waals surface area contributed by atoms with Gasteiger partial charge in [0, 0.05) is 12.1 Å². The average molecular weight is 396 g/mol. The molecule has 2 heterocycles. The molecule has 0 N–H and O–H groups in total. The first-order valence-corrected chi connectivity index (χ1v) is 10.8. The fourth-order valence-electron chi connectivity index (χ4n) is 3.73. The maximum atomic E-state index is 13.4. The Morgan fingerprint density at radius 1 is 1.21 bits per heavy atom. The van der Waals surface area contributed by atoms with Crippen LogP contribution in [0.3, 0.4) is 0 Å². The Hall–Kier alpha value is -2.47. The van der Waals surface area contributed by atoms with Gasteiger partial charge in [-0.25, -0.2) is 4.98 Å². The number of hydrogen-bond donors (Lipinski definition) is 0. The van der Waals surface area contributed by atoms with Gasteiger partial charge in [0.25, 0.3) is 0 Å². The molecule has 1 fully saturated rings. The van der Waals surface area contributed by atoms with E-state index >= 15 is 0 Å². The summed E-state index contributed by atoms with van der Waals surface area (Å²) >= 11 is 1.54. The molecule has 3 aromatic rings. The van der Waals surface area contributed by atoms with Crippen LogP contribution in [0, 0.1) is 5.92 Å². The minimum absolute atomic E-state index is 0.0865. The van der Waals surface area contributed by atoms with E-state index < -0.39 is 0 Å². The van der Waals surface area contributed by atoms with Gasteiger partial charge in [-0.3, -0.25) is 14.7 Å². The summed E-state index contributed by atoms with van der Waals surface area (Å²) in [4.78, 5) is 24.4. The van der Waals surface area contributed by atoms with Crippen LogP contribution < -0.4 is 9.64 Å². The number of carbonyl (C=O) groups excluding carboxylic acids is 1. The van der Waals surface area contributed by atoms with Gasteiger partial charge in [-0.15, -0.1) is 0 Å². The molecule has 146 valence electrons. The number of ether oxygens (including phenoxy) is 1. The van der Waals surface area contributed by atoms with Crippen LogP contribution in [0.5, 0.6) is 5.75 Å². The Morgan fingerprint density at radius 3 is 2.82 bits per heavy atom. The van der Waals surface area contributed by atoms with Gasteiger partial charge in [0.1, 0.15) is 5.75 Å². The van der Waals surface area contributed by atoms with E-state index in [9.17, 15) is 4.79 Å². The SMILES string of the molecule is CCOc1ccc2nc(N(Cc3ccccn3)C(=O)C3CCCCC3)sc2c1. The number of pyridine rings is 1. The highest BCUT2D eigenvalue weighted by Crippen LogP contribution is 2.34. The smallest absolute Gasteiger partial charge is 0.232 e. The predicted molar refractivity (Wildman–Crippen MR) is 113 cm³/mol. The van der Waals surface area contributed by atoms with Gasteiger partial charge in [0.2, 0.25) is 5.91 Å². The molecule has 6 heteroatoms. The number of carbonyl (C=O) groups is 1. The molecule has 28 heavy (non-hydrogen) atoms. The zero-order valence-electron chi connectivity index (χ0n) is 16.1. The highest BCUT2D eigenvalue weighted by molar-refractivity contribution is 7.22. The van der Waals surface area contributed by atoms with E-state index in [-0.39, 0.29) is 11.8 Å². The van der Waals surface area contributed by atoms with Gasteiger partial charge in [-0.2, -0.15) is 0 Å². The summed E-state index contributed by atoms with van der Waals surface area (Å²) < 4.78 is 6.64. The van der Waals surface area contributed by atoms with Gasteiger partial charge in [-0.1, -0.05) is 36.7 Å². The molecule has 0 spiro atoms. The summed E-state index contributed by atoms with van der Waals surface area (Å²) in [5.41, 5.74) is 1.77. The minimum atomic E-state index is 0.0865. The lowest BCUT2D eigenvalue weighted by molar-refractivity contribution is -0.123. The minimum Gasteiger partial charge on any atom is -0.494 e. The normalized spacial score (nSPS) is 14.9. The zero-order chi connectivity index (χ0) is 19.3. The van der Waals surface area contributed by atoms with Crippen LogP contribution >= 0.6 is 11.3 Å². The second kappa shape index (κ2) is 8.69. The third kappa shape index (κ3) is 4.17. The standard InChI is InChI=1S/C22H25N3O2S/c1-2-27-18-11-12-19-20(14-18)28-22(24-19)25(15-17-10-6-7-13-23-17)21(26)16-8-4-3-5-9-16/h6-7,10-14,16H,2-5,8-9,15H2,1H3. The lowest BCUT2D eigenvalue weighted by Crippen LogP contribution is -2.36. The number of benzene rings is 1. The van der Waals surface area contributed by atoms with E-state index in [2.05, 4.69) is 4.98 Å². The molecule has 1 saturated carbocycles. The molecule has 1 amide bonds. The topological polar surface area (TPSA) is 55.3 Å². The molecule has 0 unspecified atom stereocenters. The lowest BCUT2D eigenvalue weighted by atomic mass is 9.88. The van der Waals surface area contributed by atoms with Crippen molar-refractivity contribution in [2.24, 2.45) is 5.92 Å². The van der Waals surface area contributed by atoms with Crippen LogP contribution in [-0.2, 0) is 11.3 Å². The Bertz CT molecular complexity index is 935. The molecular formula is C22H25N3O2S. The summed E-state index contributed by atoms with van der Waals surface area (Å²) in [6.45, 7) is 3.05. The number of aromatic nitrogens is 2. The van der Waals surface area contributed by atoms with Crippen LogP contribution in [0.15, 0.2) is 42.6 Å². The first kappa shape index (κ1) is 18.9. The molecule has 0 radical (unpaired) electrons. The van der Waals surface area contributed by atoms with Crippen molar-refractivity contribution in [1.82, 2.24) is 9.97 Å².